The number of nitrogens with zero attached hydrogens (tertiary/aromatic N) is 4. The normalized spacial score (nSPS) is 15.7. The van der Waals surface area contributed by atoms with E-state index in [1.807, 2.05) is 0 Å². The first kappa shape index (κ1) is 89.1. The Bertz CT molecular complexity index is 4050. The fraction of sp³-hybridized carbons (Fsp3) is 0.407. The number of unbranched alkanes of at least 4 members (excludes halogenated alkanes) is 4. The number of fused-ring (bicyclic) bond motifs is 10. The number of rotatable bonds is 8. The van der Waals surface area contributed by atoms with Crippen molar-refractivity contribution in [3.05, 3.63) is 217 Å². The minimum Gasteiger partial charge on any atom is 0 e. The number of hydrogen-bond acceptors (Lipinski definition) is 4. The molecule has 0 saturated heterocycles. The summed E-state index contributed by atoms with van der Waals surface area (Å²) in [5.41, 5.74) is 18.5. The van der Waals surface area contributed by atoms with Gasteiger partial charge in [-0.2, -0.15) is 0 Å². The molecule has 0 aromatic heterocycles. The molecule has 16 nitrogen and oxygen atoms in total. The van der Waals surface area contributed by atoms with Crippen LogP contribution in [0, 0.1) is 60.1 Å². The van der Waals surface area contributed by atoms with Gasteiger partial charge in [0.05, 0.1) is 22.3 Å². The van der Waals surface area contributed by atoms with Crippen molar-refractivity contribution in [2.75, 3.05) is 0 Å². The second-order valence-corrected chi connectivity index (χ2v) is 28.9. The number of hydrogen-bond donors (Lipinski definition) is 0. The Labute approximate surface area is 607 Å². The number of aryl methyl sites for hydroxylation is 3. The quantitative estimate of drug-likeness (QED) is 0.0630. The van der Waals surface area contributed by atoms with E-state index in [9.17, 15) is 0 Å². The van der Waals surface area contributed by atoms with E-state index < -0.39 is 12.1 Å². The molecule has 2 radical (unpaired) electrons. The zero-order valence-electron chi connectivity index (χ0n) is 60.1. The Balaban J connectivity index is 0.000000812. The fourth-order valence-corrected chi connectivity index (χ4v) is 12.5. The van der Waals surface area contributed by atoms with Gasteiger partial charge in [0, 0.05) is 74.5 Å². The van der Waals surface area contributed by atoms with Crippen molar-refractivity contribution < 1.29 is 108 Å². The summed E-state index contributed by atoms with van der Waals surface area (Å²) in [7, 11) is 0. The number of para-hydroxylation sites is 4. The van der Waals surface area contributed by atoms with E-state index in [-0.39, 0.29) is 60.6 Å². The van der Waals surface area contributed by atoms with Gasteiger partial charge in [-0.05, 0) is 130 Å². The molecule has 0 bridgehead atoms. The standard InChI is InChI=1S/C38H48N2O2.C35H42N2O2.8CO.2Co/c1-11-12-13-16-25-19-26-23-39-31-17-14-15-18-32(31)40-24-27-21-28(35(2,3)4)22-30(37(8,9)10)34(27)42-38(39,40)41-33(26)29(20-25)36(5,6)7;1-9-10-11-14-24-17-23(2)31-25(18-24)21-36-29-15-12-13-16-30(29)37-22-26-19-27(33(3,4)5)20-28(34(6,7)8)32(26)39-35(36,37)38-31;8*1-2;;/h14-15,17-24H,11-13,16H2,1-10H3;12-13,15-22H,9-11,14H2,1-8H3;;;;;;;;;;/q2*+2;;;;;;;;;;. The van der Waals surface area contributed by atoms with Crippen molar-refractivity contribution in [1.29, 1.82) is 0 Å². The Morgan fingerprint density at radius 1 is 0.333 bits per heavy atom. The van der Waals surface area contributed by atoms with Gasteiger partial charge in [0.15, 0.2) is 47.9 Å². The second kappa shape index (κ2) is 37.5. The molecule has 6 aliphatic heterocycles. The van der Waals surface area contributed by atoms with E-state index in [2.05, 4.69) is 318 Å². The molecule has 99 heavy (non-hydrogen) atoms. The number of ether oxygens (including phenoxy) is 4. The summed E-state index contributed by atoms with van der Waals surface area (Å²) in [5, 5.41) is 0. The van der Waals surface area contributed by atoms with Crippen LogP contribution >= 0.6 is 0 Å². The van der Waals surface area contributed by atoms with Crippen LogP contribution in [0.1, 0.15) is 223 Å². The van der Waals surface area contributed by atoms with Gasteiger partial charge in [-0.25, -0.2) is 0 Å². The molecular weight excluding hydrogens is 1340 g/mol. The van der Waals surface area contributed by atoms with Crippen LogP contribution < -0.4 is 18.9 Å². The summed E-state index contributed by atoms with van der Waals surface area (Å²) in [6.45, 7) is 76.8. The van der Waals surface area contributed by atoms with Crippen molar-refractivity contribution in [3.8, 4) is 23.0 Å². The van der Waals surface area contributed by atoms with Crippen LogP contribution in [0.2, 0.25) is 0 Å². The maximum absolute atomic E-state index is 7.50. The van der Waals surface area contributed by atoms with Crippen LogP contribution in [0.3, 0.4) is 0 Å². The third-order valence-corrected chi connectivity index (χ3v) is 17.1. The van der Waals surface area contributed by atoms with Crippen molar-refractivity contribution in [1.82, 2.24) is 0 Å². The molecular formula is C81H90Co2N4O12+4. The van der Waals surface area contributed by atoms with Crippen LogP contribution in [-0.2, 0) is 111 Å². The molecule has 6 aliphatic rings. The van der Waals surface area contributed by atoms with Gasteiger partial charge in [0.25, 0.3) is 22.7 Å². The maximum Gasteiger partial charge on any atom is 0 e. The Morgan fingerprint density at radius 2 is 0.586 bits per heavy atom. The molecule has 0 N–H and O–H groups in total. The molecule has 18 heteroatoms. The van der Waals surface area contributed by atoms with Gasteiger partial charge in [0.1, 0.15) is 0 Å². The molecule has 12 rings (SSSR count). The second-order valence-electron chi connectivity index (χ2n) is 28.9. The van der Waals surface area contributed by atoms with Gasteiger partial charge in [-0.3, -0.25) is 0 Å². The molecule has 0 aliphatic carbocycles. The molecule has 2 unspecified atom stereocenters. The molecule has 0 saturated carbocycles. The summed E-state index contributed by atoms with van der Waals surface area (Å²) >= 11 is 0. The smallest absolute Gasteiger partial charge is 0 e. The average molecular weight is 1430 g/mol. The van der Waals surface area contributed by atoms with Crippen LogP contribution in [-0.4, -0.2) is 55.2 Å². The Morgan fingerprint density at radius 3 is 0.859 bits per heavy atom. The summed E-state index contributed by atoms with van der Waals surface area (Å²) in [5.74, 6) is 3.60. The average Bonchev–Trinajstić information content (AvgIpc) is 1.47. The largest absolute Gasteiger partial charge is 0 e. The van der Waals surface area contributed by atoms with Gasteiger partial charge in [0.2, 0.25) is 0 Å². The minimum atomic E-state index is -1.18. The van der Waals surface area contributed by atoms with E-state index in [4.69, 9.17) is 56.2 Å². The SMILES string of the molecule is CCCCCc1cc(C)c2c(c1)C=[N+]1c3ccccc3[N+]3=Cc4cc(C(C)(C)C)cc(C(C)(C)C)c4OC13O2.CCCCCc1cc2c(c(C(C)(C)C)c1)OC13Oc4c(cc(C(C)(C)C)cc4C(C)(C)C)C=[N+]1c1ccccc1[N+]3=C2.[C-]#[O+].[C-]#[O+].[C-]#[O+].[C-]#[O+].[C-]#[O+].[C-]#[O+].[C-]#[O+].[C-]#[O+].[Co].[Co]. The van der Waals surface area contributed by atoms with Gasteiger partial charge in [-0.15, -0.1) is 0 Å². The van der Waals surface area contributed by atoms with Crippen LogP contribution in [0.5, 0.6) is 23.0 Å². The van der Waals surface area contributed by atoms with E-state index in [1.54, 1.807) is 0 Å². The van der Waals surface area contributed by atoms with Crippen molar-refractivity contribution in [2.45, 2.75) is 215 Å². The number of benzene rings is 6. The summed E-state index contributed by atoms with van der Waals surface area (Å²) < 4.78 is 97.5. The van der Waals surface area contributed by atoms with E-state index in [0.29, 0.717) is 0 Å². The van der Waals surface area contributed by atoms with E-state index in [0.717, 1.165) is 86.4 Å². The van der Waals surface area contributed by atoms with Crippen LogP contribution in [0.25, 0.3) is 0 Å². The van der Waals surface area contributed by atoms with Crippen LogP contribution in [0.4, 0.5) is 22.7 Å². The molecule has 0 amide bonds. The monoisotopic (exact) mass is 1430 g/mol. The first-order chi connectivity index (χ1) is 46.1. The zero-order chi connectivity index (χ0) is 74.0. The fourth-order valence-electron chi connectivity index (χ4n) is 12.5. The summed E-state index contributed by atoms with van der Waals surface area (Å²) in [6, 6.07) is 33.2. The van der Waals surface area contributed by atoms with Gasteiger partial charge < -0.3 is 18.9 Å². The van der Waals surface area contributed by atoms with Crippen molar-refractivity contribution in [2.24, 2.45) is 0 Å². The van der Waals surface area contributed by atoms with Crippen LogP contribution in [0.15, 0.2) is 97.1 Å². The van der Waals surface area contributed by atoms with Crippen molar-refractivity contribution in [3.63, 3.8) is 0 Å². The van der Waals surface area contributed by atoms with Gasteiger partial charge >= 0.3 is 102 Å². The summed E-state index contributed by atoms with van der Waals surface area (Å²) in [6.07, 6.45) is 18.5. The van der Waals surface area contributed by atoms with E-state index in [1.165, 1.54) is 77.5 Å². The Kier molecular flexibility index (Phi) is 33.8. The topological polar surface area (TPSA) is 208 Å². The first-order valence-corrected chi connectivity index (χ1v) is 31.9. The van der Waals surface area contributed by atoms with E-state index >= 15 is 0 Å². The molecule has 2 atom stereocenters. The first-order valence-electron chi connectivity index (χ1n) is 31.9. The maximum atomic E-state index is 7.50. The molecule has 520 valence electrons. The molecule has 6 aromatic rings. The molecule has 6 aromatic carbocycles. The zero-order valence-corrected chi connectivity index (χ0v) is 62.1. The van der Waals surface area contributed by atoms with Gasteiger partial charge in [-0.1, -0.05) is 192 Å². The third kappa shape index (κ3) is 18.6. The van der Waals surface area contributed by atoms with Crippen molar-refractivity contribution >= 4 is 47.6 Å². The summed E-state index contributed by atoms with van der Waals surface area (Å²) in [4.78, 5) is 0. The third-order valence-electron chi connectivity index (χ3n) is 17.1. The minimum absolute atomic E-state index is 0. The molecule has 6 heterocycles. The predicted molar refractivity (Wildman–Crippen MR) is 363 cm³/mol. The predicted octanol–water partition coefficient (Wildman–Crippen LogP) is 17.2. The molecule has 2 spiro atoms. The Hall–Kier alpha value is -7.87. The molecule has 0 fully saturated rings.